The highest BCUT2D eigenvalue weighted by molar-refractivity contribution is 9.10. The van der Waals surface area contributed by atoms with E-state index in [2.05, 4.69) is 38.5 Å². The quantitative estimate of drug-likeness (QED) is 0.786. The van der Waals surface area contributed by atoms with Gasteiger partial charge in [-0.15, -0.1) is 0 Å². The summed E-state index contributed by atoms with van der Waals surface area (Å²) < 4.78 is 3.29. The largest absolute Gasteiger partial charge is 0.331 e. The van der Waals surface area contributed by atoms with Crippen molar-refractivity contribution in [2.75, 3.05) is 0 Å². The number of fused-ring (bicyclic) bond motifs is 1. The van der Waals surface area contributed by atoms with Crippen LogP contribution in [-0.2, 0) is 6.54 Å². The molecule has 0 unspecified atom stereocenters. The third kappa shape index (κ3) is 1.61. The van der Waals surface area contributed by atoms with Crippen molar-refractivity contribution in [2.24, 2.45) is 0 Å². The number of aromatic nitrogens is 2. The maximum atomic E-state index is 4.32. The molecule has 0 saturated carbocycles. The molecule has 0 aliphatic carbocycles. The lowest BCUT2D eigenvalue weighted by atomic mass is 10.3. The van der Waals surface area contributed by atoms with Gasteiger partial charge in [-0.05, 0) is 24.6 Å². The van der Waals surface area contributed by atoms with Crippen LogP contribution in [0.4, 0.5) is 0 Å². The topological polar surface area (TPSA) is 17.8 Å². The Labute approximate surface area is 85.7 Å². The monoisotopic (exact) mass is 238 g/mol. The Kier molecular flexibility index (Phi) is 2.36. The highest BCUT2D eigenvalue weighted by atomic mass is 79.9. The number of imidazole rings is 1. The van der Waals surface area contributed by atoms with Gasteiger partial charge in [-0.3, -0.25) is 0 Å². The zero-order valence-corrected chi connectivity index (χ0v) is 9.08. The zero-order chi connectivity index (χ0) is 9.26. The third-order valence-corrected chi connectivity index (χ3v) is 2.54. The van der Waals surface area contributed by atoms with Gasteiger partial charge < -0.3 is 4.57 Å². The molecule has 0 spiro atoms. The van der Waals surface area contributed by atoms with E-state index in [4.69, 9.17) is 0 Å². The second kappa shape index (κ2) is 3.50. The summed E-state index contributed by atoms with van der Waals surface area (Å²) in [5, 5.41) is 0. The van der Waals surface area contributed by atoms with Crippen LogP contribution < -0.4 is 0 Å². The Hall–Kier alpha value is -0.830. The SMILES string of the molecule is CCCn1cnc2ccc(Br)cc21. The molecule has 1 aromatic carbocycles. The predicted octanol–water partition coefficient (Wildman–Crippen LogP) is 3.21. The number of hydrogen-bond acceptors (Lipinski definition) is 1. The van der Waals surface area contributed by atoms with E-state index in [1.54, 1.807) is 0 Å². The molecule has 0 amide bonds. The lowest BCUT2D eigenvalue weighted by molar-refractivity contribution is 0.697. The van der Waals surface area contributed by atoms with E-state index in [0.717, 1.165) is 23.0 Å². The molecule has 0 bridgehead atoms. The molecule has 0 aliphatic rings. The van der Waals surface area contributed by atoms with Crippen LogP contribution in [-0.4, -0.2) is 9.55 Å². The van der Waals surface area contributed by atoms with Crippen molar-refractivity contribution in [1.82, 2.24) is 9.55 Å². The van der Waals surface area contributed by atoms with Gasteiger partial charge in [0.2, 0.25) is 0 Å². The summed E-state index contributed by atoms with van der Waals surface area (Å²) in [6.07, 6.45) is 3.04. The Morgan fingerprint density at radius 2 is 2.31 bits per heavy atom. The van der Waals surface area contributed by atoms with Crippen molar-refractivity contribution in [3.8, 4) is 0 Å². The summed E-state index contributed by atoms with van der Waals surface area (Å²) in [5.41, 5.74) is 2.27. The first-order chi connectivity index (χ1) is 6.31. The Bertz CT molecular complexity index is 420. The molecule has 13 heavy (non-hydrogen) atoms. The lowest BCUT2D eigenvalue weighted by Gasteiger charge is -2.00. The average molecular weight is 239 g/mol. The summed E-state index contributed by atoms with van der Waals surface area (Å²) in [5.74, 6) is 0. The molecule has 0 fully saturated rings. The number of benzene rings is 1. The van der Waals surface area contributed by atoms with Gasteiger partial charge in [0.1, 0.15) is 0 Å². The van der Waals surface area contributed by atoms with Crippen molar-refractivity contribution in [1.29, 1.82) is 0 Å². The highest BCUT2D eigenvalue weighted by Gasteiger charge is 2.01. The summed E-state index contributed by atoms with van der Waals surface area (Å²) in [6.45, 7) is 3.21. The zero-order valence-electron chi connectivity index (χ0n) is 7.50. The fraction of sp³-hybridized carbons (Fsp3) is 0.300. The first-order valence-electron chi connectivity index (χ1n) is 4.41. The Balaban J connectivity index is 2.58. The maximum Gasteiger partial charge on any atom is 0.0958 e. The van der Waals surface area contributed by atoms with Crippen molar-refractivity contribution in [3.05, 3.63) is 29.0 Å². The lowest BCUT2D eigenvalue weighted by Crippen LogP contribution is -1.93. The van der Waals surface area contributed by atoms with Crippen LogP contribution in [0.1, 0.15) is 13.3 Å². The molecule has 1 aromatic heterocycles. The van der Waals surface area contributed by atoms with E-state index in [-0.39, 0.29) is 0 Å². The minimum atomic E-state index is 1.03. The molecular weight excluding hydrogens is 228 g/mol. The van der Waals surface area contributed by atoms with Crippen molar-refractivity contribution in [3.63, 3.8) is 0 Å². The van der Waals surface area contributed by atoms with Crippen LogP contribution in [0.2, 0.25) is 0 Å². The molecule has 2 nitrogen and oxygen atoms in total. The molecule has 0 saturated heterocycles. The second-order valence-electron chi connectivity index (χ2n) is 3.07. The van der Waals surface area contributed by atoms with Crippen LogP contribution in [0.5, 0.6) is 0 Å². The number of hydrogen-bond donors (Lipinski definition) is 0. The van der Waals surface area contributed by atoms with Crippen LogP contribution in [0.25, 0.3) is 11.0 Å². The normalized spacial score (nSPS) is 10.9. The highest BCUT2D eigenvalue weighted by Crippen LogP contribution is 2.18. The van der Waals surface area contributed by atoms with E-state index < -0.39 is 0 Å². The summed E-state index contributed by atoms with van der Waals surface area (Å²) in [6, 6.07) is 6.16. The molecule has 68 valence electrons. The van der Waals surface area contributed by atoms with Crippen LogP contribution in [0.3, 0.4) is 0 Å². The van der Waals surface area contributed by atoms with E-state index in [9.17, 15) is 0 Å². The molecule has 0 N–H and O–H groups in total. The van der Waals surface area contributed by atoms with Gasteiger partial charge in [0.15, 0.2) is 0 Å². The maximum absolute atomic E-state index is 4.32. The van der Waals surface area contributed by atoms with Gasteiger partial charge in [-0.2, -0.15) is 0 Å². The molecule has 0 aliphatic heterocycles. The number of nitrogens with zero attached hydrogens (tertiary/aromatic N) is 2. The minimum Gasteiger partial charge on any atom is -0.331 e. The van der Waals surface area contributed by atoms with Gasteiger partial charge in [-0.1, -0.05) is 22.9 Å². The van der Waals surface area contributed by atoms with Crippen LogP contribution in [0, 0.1) is 0 Å². The van der Waals surface area contributed by atoms with E-state index in [1.165, 1.54) is 5.52 Å². The first-order valence-corrected chi connectivity index (χ1v) is 5.21. The smallest absolute Gasteiger partial charge is 0.0958 e. The third-order valence-electron chi connectivity index (χ3n) is 2.05. The Morgan fingerprint density at radius 1 is 1.46 bits per heavy atom. The minimum absolute atomic E-state index is 1.03. The fourth-order valence-corrected chi connectivity index (χ4v) is 1.80. The summed E-state index contributed by atoms with van der Waals surface area (Å²) in [7, 11) is 0. The second-order valence-corrected chi connectivity index (χ2v) is 3.99. The summed E-state index contributed by atoms with van der Waals surface area (Å²) in [4.78, 5) is 4.32. The molecule has 0 atom stereocenters. The fourth-order valence-electron chi connectivity index (χ4n) is 1.45. The van der Waals surface area contributed by atoms with Crippen LogP contribution >= 0.6 is 15.9 Å². The standard InChI is InChI=1S/C10H11BrN2/c1-2-5-13-7-12-9-4-3-8(11)6-10(9)13/h3-4,6-7H,2,5H2,1H3. The molecular formula is C10H11BrN2. The predicted molar refractivity (Wildman–Crippen MR) is 57.7 cm³/mol. The van der Waals surface area contributed by atoms with Gasteiger partial charge in [-0.25, -0.2) is 4.98 Å². The van der Waals surface area contributed by atoms with Crippen molar-refractivity contribution < 1.29 is 0 Å². The summed E-state index contributed by atoms with van der Waals surface area (Å²) >= 11 is 3.46. The van der Waals surface area contributed by atoms with E-state index >= 15 is 0 Å². The van der Waals surface area contributed by atoms with Gasteiger partial charge in [0.05, 0.1) is 17.4 Å². The number of rotatable bonds is 2. The van der Waals surface area contributed by atoms with E-state index in [0.29, 0.717) is 0 Å². The van der Waals surface area contributed by atoms with Gasteiger partial charge in [0, 0.05) is 11.0 Å². The molecule has 0 radical (unpaired) electrons. The molecule has 1 heterocycles. The molecule has 2 aromatic rings. The number of aryl methyl sites for hydroxylation is 1. The molecule has 2 rings (SSSR count). The first kappa shape index (κ1) is 8.75. The Morgan fingerprint density at radius 3 is 3.08 bits per heavy atom. The van der Waals surface area contributed by atoms with Crippen molar-refractivity contribution in [2.45, 2.75) is 19.9 Å². The van der Waals surface area contributed by atoms with Gasteiger partial charge in [0.25, 0.3) is 0 Å². The van der Waals surface area contributed by atoms with Crippen molar-refractivity contribution >= 4 is 27.0 Å². The molecule has 3 heteroatoms. The van der Waals surface area contributed by atoms with Crippen LogP contribution in [0.15, 0.2) is 29.0 Å². The van der Waals surface area contributed by atoms with E-state index in [1.807, 2.05) is 18.5 Å². The van der Waals surface area contributed by atoms with Gasteiger partial charge >= 0.3 is 0 Å². The number of halogens is 1. The average Bonchev–Trinajstić information content (AvgIpc) is 2.49.